The number of methoxy groups -OCH3 is 1. The van der Waals surface area contributed by atoms with Crippen LogP contribution in [0.4, 0.5) is 11.9 Å². The third kappa shape index (κ3) is 4.68. The van der Waals surface area contributed by atoms with E-state index in [0.29, 0.717) is 23.7 Å². The van der Waals surface area contributed by atoms with Crippen LogP contribution in [0.5, 0.6) is 0 Å². The topological polar surface area (TPSA) is 94.7 Å². The molecule has 1 atom stereocenters. The molecule has 10 nitrogen and oxygen atoms in total. The van der Waals surface area contributed by atoms with Gasteiger partial charge in [-0.15, -0.1) is 0 Å². The number of rotatable bonds is 7. The Kier molecular flexibility index (Phi) is 6.07. The normalized spacial score (nSPS) is 18.1. The molecular weight excluding hydrogens is 430 g/mol. The van der Waals surface area contributed by atoms with Crippen molar-refractivity contribution in [3.05, 3.63) is 78.5 Å². The summed E-state index contributed by atoms with van der Waals surface area (Å²) in [5, 5.41) is 0. The zero-order chi connectivity index (χ0) is 23.4. The Bertz CT molecular complexity index is 1240. The van der Waals surface area contributed by atoms with Crippen molar-refractivity contribution in [2.45, 2.75) is 6.61 Å². The highest BCUT2D eigenvalue weighted by atomic mass is 16.5. The summed E-state index contributed by atoms with van der Waals surface area (Å²) < 4.78 is 7.60. The van der Waals surface area contributed by atoms with E-state index in [0.717, 1.165) is 41.5 Å². The molecular formula is C24H26N9O+. The van der Waals surface area contributed by atoms with E-state index in [1.54, 1.807) is 19.6 Å². The lowest BCUT2D eigenvalue weighted by molar-refractivity contribution is 0.184. The average molecular weight is 457 g/mol. The van der Waals surface area contributed by atoms with E-state index in [9.17, 15) is 0 Å². The van der Waals surface area contributed by atoms with E-state index < -0.39 is 0 Å². The molecule has 1 aliphatic rings. The number of pyridine rings is 1. The number of hydrogen-bond donors (Lipinski definition) is 0. The van der Waals surface area contributed by atoms with Gasteiger partial charge < -0.3 is 4.74 Å². The molecule has 0 spiro atoms. The van der Waals surface area contributed by atoms with Crippen LogP contribution in [0.25, 0.3) is 18.0 Å². The number of aromatic nitrogens is 7. The Morgan fingerprint density at radius 2 is 1.74 bits per heavy atom. The Balaban J connectivity index is 1.23. The summed E-state index contributed by atoms with van der Waals surface area (Å²) in [4.78, 5) is 29.0. The summed E-state index contributed by atoms with van der Waals surface area (Å²) in [7, 11) is 3.80. The molecule has 4 aromatic rings. The minimum atomic E-state index is 0.510. The molecule has 1 unspecified atom stereocenters. The number of anilines is 1. The zero-order valence-electron chi connectivity index (χ0n) is 19.2. The van der Waals surface area contributed by atoms with Gasteiger partial charge in [0.2, 0.25) is 5.95 Å². The number of nitrogens with zero attached hydrogens (tertiary/aromatic N) is 9. The number of quaternary nitrogens is 1. The van der Waals surface area contributed by atoms with Gasteiger partial charge in [0.15, 0.2) is 6.67 Å². The molecule has 10 heteroatoms. The largest absolute Gasteiger partial charge is 0.380 e. The number of imidazole rings is 1. The van der Waals surface area contributed by atoms with E-state index >= 15 is 0 Å². The third-order valence-corrected chi connectivity index (χ3v) is 5.78. The summed E-state index contributed by atoms with van der Waals surface area (Å²) >= 11 is 0. The van der Waals surface area contributed by atoms with Crippen molar-refractivity contribution in [3.63, 3.8) is 0 Å². The van der Waals surface area contributed by atoms with Gasteiger partial charge in [-0.05, 0) is 17.7 Å². The lowest BCUT2D eigenvalue weighted by Crippen LogP contribution is -2.45. The maximum Gasteiger partial charge on any atom is 0.330 e. The molecule has 0 bridgehead atoms. The molecule has 172 valence electrons. The van der Waals surface area contributed by atoms with Crippen LogP contribution in [0.1, 0.15) is 16.7 Å². The maximum absolute atomic E-state index is 5.13. The summed E-state index contributed by atoms with van der Waals surface area (Å²) in [6.45, 7) is 2.95. The predicted molar refractivity (Wildman–Crippen MR) is 130 cm³/mol. The third-order valence-electron chi connectivity index (χ3n) is 5.78. The molecule has 1 fully saturated rings. The van der Waals surface area contributed by atoms with Crippen LogP contribution in [0.15, 0.2) is 61.8 Å². The molecule has 1 aliphatic heterocycles. The van der Waals surface area contributed by atoms with E-state index in [1.165, 1.54) is 0 Å². The Morgan fingerprint density at radius 1 is 0.971 bits per heavy atom. The molecule has 5 heterocycles. The maximum atomic E-state index is 5.13. The van der Waals surface area contributed by atoms with Crippen LogP contribution in [-0.2, 0) is 11.3 Å². The molecule has 1 saturated heterocycles. The highest BCUT2D eigenvalue weighted by Gasteiger charge is 2.38. The van der Waals surface area contributed by atoms with E-state index in [4.69, 9.17) is 4.74 Å². The van der Waals surface area contributed by atoms with Crippen molar-refractivity contribution in [3.8, 4) is 5.82 Å². The average Bonchev–Trinajstić information content (AvgIpc) is 3.55. The van der Waals surface area contributed by atoms with Gasteiger partial charge in [0.1, 0.15) is 18.7 Å². The van der Waals surface area contributed by atoms with Crippen molar-refractivity contribution in [2.75, 3.05) is 38.8 Å². The van der Waals surface area contributed by atoms with Gasteiger partial charge in [-0.2, -0.15) is 9.97 Å². The van der Waals surface area contributed by atoms with Gasteiger partial charge in [-0.3, -0.25) is 9.47 Å². The van der Waals surface area contributed by atoms with E-state index in [2.05, 4.69) is 41.9 Å². The first-order valence-corrected chi connectivity index (χ1v) is 11.0. The number of ether oxygens (including phenoxy) is 1. The molecule has 0 aliphatic carbocycles. The van der Waals surface area contributed by atoms with Gasteiger partial charge in [0.25, 0.3) is 0 Å². The van der Waals surface area contributed by atoms with Gasteiger partial charge in [-0.25, -0.2) is 24.4 Å². The highest BCUT2D eigenvalue weighted by molar-refractivity contribution is 5.68. The highest BCUT2D eigenvalue weighted by Crippen LogP contribution is 2.24. The molecule has 5 rings (SSSR count). The Morgan fingerprint density at radius 3 is 2.41 bits per heavy atom. The zero-order valence-corrected chi connectivity index (χ0v) is 19.2. The minimum Gasteiger partial charge on any atom is -0.380 e. The van der Waals surface area contributed by atoms with Crippen molar-refractivity contribution < 1.29 is 4.74 Å². The Hall–Kier alpha value is -4.02. The summed E-state index contributed by atoms with van der Waals surface area (Å²) in [6, 6.07) is 3.98. The number of hydrogen-bond acceptors (Lipinski definition) is 8. The lowest BCUT2D eigenvalue weighted by atomic mass is 10.2. The van der Waals surface area contributed by atoms with Gasteiger partial charge in [0, 0.05) is 61.6 Å². The van der Waals surface area contributed by atoms with Crippen LogP contribution >= 0.6 is 0 Å². The summed E-state index contributed by atoms with van der Waals surface area (Å²) in [6.07, 6.45) is 18.5. The second-order valence-electron chi connectivity index (χ2n) is 8.42. The number of likely N-dealkylation sites (N-methyl/N-ethyl adjacent to an activating group) is 1. The lowest BCUT2D eigenvalue weighted by Gasteiger charge is -2.25. The first-order valence-electron chi connectivity index (χ1n) is 11.0. The van der Waals surface area contributed by atoms with Crippen molar-refractivity contribution >= 4 is 24.0 Å². The standard InChI is InChI=1S/C24H26N9O/c1-33(10-9-32(18-33)23-27-14-21(15-28-23)16-34-2)24-29-12-20(13-30-24)4-3-19-5-6-22(26-11-19)31-8-7-25-17-31/h3-8,11-15,17H,9-10,16,18H2,1-2H3/q+1/b4-3+. The minimum absolute atomic E-state index is 0.510. The monoisotopic (exact) mass is 456 g/mol. The molecule has 0 amide bonds. The second-order valence-corrected chi connectivity index (χ2v) is 8.42. The predicted octanol–water partition coefficient (Wildman–Crippen LogP) is 2.58. The van der Waals surface area contributed by atoms with Crippen molar-refractivity contribution in [2.24, 2.45) is 0 Å². The second kappa shape index (κ2) is 9.46. The molecule has 0 N–H and O–H groups in total. The van der Waals surface area contributed by atoms with Gasteiger partial charge in [0.05, 0.1) is 20.2 Å². The molecule has 0 saturated carbocycles. The SMILES string of the molecule is COCc1cnc(N2CC[N+](C)(c3ncc(/C=C/c4ccc(-n5ccnc5)nc4)cn3)C2)nc1. The molecule has 0 radical (unpaired) electrons. The Labute approximate surface area is 197 Å². The van der Waals surface area contributed by atoms with Crippen molar-refractivity contribution in [1.29, 1.82) is 0 Å². The first kappa shape index (κ1) is 21.8. The fourth-order valence-electron chi connectivity index (χ4n) is 3.87. The van der Waals surface area contributed by atoms with Crippen LogP contribution in [0.3, 0.4) is 0 Å². The van der Waals surface area contributed by atoms with Crippen molar-refractivity contribution in [1.82, 2.24) is 39.0 Å². The van der Waals surface area contributed by atoms with Gasteiger partial charge >= 0.3 is 5.95 Å². The smallest absolute Gasteiger partial charge is 0.330 e. The van der Waals surface area contributed by atoms with Crippen LogP contribution in [-0.4, -0.2) is 68.4 Å². The fourth-order valence-corrected chi connectivity index (χ4v) is 3.87. The molecule has 4 aromatic heterocycles. The van der Waals surface area contributed by atoms with Crippen LogP contribution in [0.2, 0.25) is 0 Å². The first-order chi connectivity index (χ1) is 16.6. The van der Waals surface area contributed by atoms with E-state index in [1.807, 2.05) is 66.0 Å². The summed E-state index contributed by atoms with van der Waals surface area (Å²) in [5.41, 5.74) is 2.89. The molecule has 34 heavy (non-hydrogen) atoms. The quantitative estimate of drug-likeness (QED) is 0.392. The van der Waals surface area contributed by atoms with Gasteiger partial charge in [-0.1, -0.05) is 12.2 Å². The van der Waals surface area contributed by atoms with Crippen LogP contribution < -0.4 is 9.38 Å². The molecule has 0 aromatic carbocycles. The van der Waals surface area contributed by atoms with E-state index in [-0.39, 0.29) is 0 Å². The summed E-state index contributed by atoms with van der Waals surface area (Å²) in [5.74, 6) is 2.33. The fraction of sp³-hybridized carbons (Fsp3) is 0.250. The van der Waals surface area contributed by atoms with Crippen LogP contribution in [0, 0.1) is 0 Å².